The minimum atomic E-state index is -1.59. The molecule has 0 fully saturated rings. The summed E-state index contributed by atoms with van der Waals surface area (Å²) in [5.74, 6) is 2.16. The van der Waals surface area contributed by atoms with E-state index in [1.165, 1.54) is 6.33 Å². The SMILES string of the molecule is CC(C)n1ncnc1-c1cn2c(n1)-c1cc(S(=O)Cl)ccc1OCC2. The zero-order valence-electron chi connectivity index (χ0n) is 13.7. The van der Waals surface area contributed by atoms with Gasteiger partial charge in [-0.1, -0.05) is 0 Å². The first-order valence-corrected chi connectivity index (χ1v) is 9.84. The minimum absolute atomic E-state index is 0.180. The number of halogens is 1. The minimum Gasteiger partial charge on any atom is -0.491 e. The van der Waals surface area contributed by atoms with Crippen molar-refractivity contribution >= 4 is 20.7 Å². The zero-order valence-corrected chi connectivity index (χ0v) is 15.3. The van der Waals surface area contributed by atoms with Gasteiger partial charge in [-0.2, -0.15) is 5.10 Å². The summed E-state index contributed by atoms with van der Waals surface area (Å²) in [7, 11) is 4.15. The lowest BCUT2D eigenvalue weighted by molar-refractivity contribution is 0.306. The van der Waals surface area contributed by atoms with E-state index >= 15 is 0 Å². The van der Waals surface area contributed by atoms with Gasteiger partial charge in [-0.05, 0) is 42.7 Å². The zero-order chi connectivity index (χ0) is 17.6. The Hall–Kier alpha value is -2.19. The van der Waals surface area contributed by atoms with Gasteiger partial charge in [0.15, 0.2) is 5.82 Å². The molecule has 3 aromatic rings. The van der Waals surface area contributed by atoms with E-state index in [4.69, 9.17) is 20.4 Å². The van der Waals surface area contributed by atoms with E-state index in [0.717, 1.165) is 22.9 Å². The highest BCUT2D eigenvalue weighted by Crippen LogP contribution is 2.35. The van der Waals surface area contributed by atoms with E-state index in [1.807, 2.05) is 29.3 Å². The maximum Gasteiger partial charge on any atom is 0.178 e. The van der Waals surface area contributed by atoms with Crippen LogP contribution in [0.4, 0.5) is 0 Å². The molecule has 0 spiro atoms. The van der Waals surface area contributed by atoms with Gasteiger partial charge in [0.05, 0.1) is 17.0 Å². The molecule has 9 heteroatoms. The van der Waals surface area contributed by atoms with Crippen LogP contribution in [0.25, 0.3) is 22.9 Å². The molecular formula is C16H16ClN5O2S. The number of rotatable bonds is 3. The number of nitrogens with zero attached hydrogens (tertiary/aromatic N) is 5. The van der Waals surface area contributed by atoms with Crippen LogP contribution in [0.5, 0.6) is 5.75 Å². The molecule has 1 aliphatic heterocycles. The fourth-order valence-electron chi connectivity index (χ4n) is 2.88. The summed E-state index contributed by atoms with van der Waals surface area (Å²) in [5.41, 5.74) is 1.51. The topological polar surface area (TPSA) is 74.8 Å². The highest BCUT2D eigenvalue weighted by atomic mass is 35.7. The fraction of sp³-hybridized carbons (Fsp3) is 0.312. The van der Waals surface area contributed by atoms with Crippen LogP contribution in [0.1, 0.15) is 19.9 Å². The molecule has 2 aromatic heterocycles. The maximum absolute atomic E-state index is 11.6. The van der Waals surface area contributed by atoms with Crippen molar-refractivity contribution in [1.29, 1.82) is 0 Å². The van der Waals surface area contributed by atoms with Gasteiger partial charge in [-0.25, -0.2) is 18.9 Å². The summed E-state index contributed by atoms with van der Waals surface area (Å²) in [5, 5.41) is 4.27. The molecule has 0 bridgehead atoms. The molecule has 1 aliphatic rings. The van der Waals surface area contributed by atoms with Crippen molar-refractivity contribution in [2.45, 2.75) is 31.3 Å². The Morgan fingerprint density at radius 1 is 1.32 bits per heavy atom. The molecular weight excluding hydrogens is 362 g/mol. The average molecular weight is 378 g/mol. The Labute approximate surface area is 151 Å². The third-order valence-corrected chi connectivity index (χ3v) is 5.19. The molecule has 0 aliphatic carbocycles. The Morgan fingerprint density at radius 3 is 2.92 bits per heavy atom. The summed E-state index contributed by atoms with van der Waals surface area (Å²) in [6.07, 6.45) is 3.48. The predicted molar refractivity (Wildman–Crippen MR) is 94.8 cm³/mol. The van der Waals surface area contributed by atoms with Crippen molar-refractivity contribution in [3.63, 3.8) is 0 Å². The number of hydrogen-bond acceptors (Lipinski definition) is 5. The molecule has 130 valence electrons. The second-order valence-electron chi connectivity index (χ2n) is 6.00. The molecule has 3 heterocycles. The standard InChI is InChI=1S/C16H16ClN5O2S/c1-10(2)22-16(18-9-19-22)13-8-21-5-6-24-14-4-3-11(25(17)23)7-12(14)15(21)20-13/h3-4,7-10H,5-6H2,1-2H3. The molecule has 1 unspecified atom stereocenters. The van der Waals surface area contributed by atoms with Gasteiger partial charge >= 0.3 is 0 Å². The molecule has 0 saturated heterocycles. The van der Waals surface area contributed by atoms with E-state index in [0.29, 0.717) is 23.8 Å². The first-order chi connectivity index (χ1) is 12.0. The molecule has 1 aromatic carbocycles. The van der Waals surface area contributed by atoms with Crippen LogP contribution < -0.4 is 4.74 Å². The Morgan fingerprint density at radius 2 is 2.16 bits per heavy atom. The number of benzene rings is 1. The van der Waals surface area contributed by atoms with Crippen molar-refractivity contribution in [1.82, 2.24) is 24.3 Å². The number of hydrogen-bond donors (Lipinski definition) is 0. The quantitative estimate of drug-likeness (QED) is 0.656. The van der Waals surface area contributed by atoms with E-state index in [1.54, 1.807) is 18.2 Å². The van der Waals surface area contributed by atoms with E-state index in [-0.39, 0.29) is 6.04 Å². The van der Waals surface area contributed by atoms with Crippen molar-refractivity contribution in [2.75, 3.05) is 6.61 Å². The first-order valence-electron chi connectivity index (χ1n) is 7.87. The maximum atomic E-state index is 11.6. The monoisotopic (exact) mass is 377 g/mol. The molecule has 7 nitrogen and oxygen atoms in total. The summed E-state index contributed by atoms with van der Waals surface area (Å²) >= 11 is 0. The summed E-state index contributed by atoms with van der Waals surface area (Å²) in [4.78, 5) is 9.63. The summed E-state index contributed by atoms with van der Waals surface area (Å²) in [6.45, 7) is 5.27. The third-order valence-electron chi connectivity index (χ3n) is 4.03. The van der Waals surface area contributed by atoms with Gasteiger partial charge in [-0.15, -0.1) is 0 Å². The number of fused-ring (bicyclic) bond motifs is 3. The van der Waals surface area contributed by atoms with Crippen LogP contribution >= 0.6 is 10.7 Å². The lowest BCUT2D eigenvalue weighted by atomic mass is 10.2. The van der Waals surface area contributed by atoms with Crippen molar-refractivity contribution in [2.24, 2.45) is 0 Å². The van der Waals surface area contributed by atoms with Crippen molar-refractivity contribution in [3.05, 3.63) is 30.7 Å². The van der Waals surface area contributed by atoms with Gasteiger partial charge in [0.25, 0.3) is 0 Å². The highest BCUT2D eigenvalue weighted by molar-refractivity contribution is 8.08. The second kappa shape index (κ2) is 6.27. The third kappa shape index (κ3) is 2.85. The Bertz CT molecular complexity index is 965. The van der Waals surface area contributed by atoms with Crippen LogP contribution in [0.3, 0.4) is 0 Å². The van der Waals surface area contributed by atoms with Crippen molar-refractivity contribution < 1.29 is 8.95 Å². The predicted octanol–water partition coefficient (Wildman–Crippen LogP) is 3.04. The fourth-order valence-corrected chi connectivity index (χ4v) is 3.56. The Balaban J connectivity index is 1.87. The molecule has 1 atom stereocenters. The van der Waals surface area contributed by atoms with E-state index < -0.39 is 10.0 Å². The van der Waals surface area contributed by atoms with Crippen LogP contribution in [-0.2, 0) is 16.6 Å². The molecule has 4 rings (SSSR count). The van der Waals surface area contributed by atoms with Gasteiger partial charge in [0.2, 0.25) is 0 Å². The molecule has 25 heavy (non-hydrogen) atoms. The van der Waals surface area contributed by atoms with Crippen LogP contribution in [0.15, 0.2) is 35.6 Å². The van der Waals surface area contributed by atoms with Crippen LogP contribution in [-0.4, -0.2) is 35.1 Å². The lowest BCUT2D eigenvalue weighted by Crippen LogP contribution is -2.06. The number of ether oxygens (including phenoxy) is 1. The smallest absolute Gasteiger partial charge is 0.178 e. The van der Waals surface area contributed by atoms with Gasteiger partial charge in [-0.3, -0.25) is 0 Å². The van der Waals surface area contributed by atoms with Gasteiger partial charge < -0.3 is 9.30 Å². The second-order valence-corrected chi connectivity index (χ2v) is 7.75. The summed E-state index contributed by atoms with van der Waals surface area (Å²) < 4.78 is 21.3. The van der Waals surface area contributed by atoms with Crippen molar-refractivity contribution in [3.8, 4) is 28.7 Å². The van der Waals surface area contributed by atoms with Crippen LogP contribution in [0.2, 0.25) is 0 Å². The normalized spacial score (nSPS) is 14.6. The first kappa shape index (κ1) is 16.3. The lowest BCUT2D eigenvalue weighted by Gasteiger charge is -2.08. The van der Waals surface area contributed by atoms with Crippen LogP contribution in [0, 0.1) is 0 Å². The molecule has 0 amide bonds. The largest absolute Gasteiger partial charge is 0.491 e. The highest BCUT2D eigenvalue weighted by Gasteiger charge is 2.22. The molecule has 0 N–H and O–H groups in total. The van der Waals surface area contributed by atoms with E-state index in [2.05, 4.69) is 10.1 Å². The molecule has 0 radical (unpaired) electrons. The average Bonchev–Trinajstić information content (AvgIpc) is 3.18. The molecule has 0 saturated carbocycles. The number of imidazole rings is 1. The van der Waals surface area contributed by atoms with Gasteiger partial charge in [0, 0.05) is 12.2 Å². The Kier molecular flexibility index (Phi) is 4.09. The summed E-state index contributed by atoms with van der Waals surface area (Å²) in [6, 6.07) is 5.43. The van der Waals surface area contributed by atoms with Gasteiger partial charge in [0.1, 0.15) is 40.2 Å². The van der Waals surface area contributed by atoms with E-state index in [9.17, 15) is 4.21 Å². The number of aromatic nitrogens is 5.